The first kappa shape index (κ1) is 18.8. The van der Waals surface area contributed by atoms with Gasteiger partial charge in [0.1, 0.15) is 0 Å². The van der Waals surface area contributed by atoms with Crippen molar-refractivity contribution in [3.63, 3.8) is 0 Å². The third-order valence-corrected chi connectivity index (χ3v) is 5.45. The maximum atomic E-state index is 12.4. The lowest BCUT2D eigenvalue weighted by Gasteiger charge is -2.29. The molecule has 0 aliphatic carbocycles. The molecule has 0 saturated carbocycles. The van der Waals surface area contributed by atoms with Gasteiger partial charge in [0, 0.05) is 35.6 Å². The summed E-state index contributed by atoms with van der Waals surface area (Å²) in [6, 6.07) is 11.1. The second-order valence-electron chi connectivity index (χ2n) is 6.24. The van der Waals surface area contributed by atoms with E-state index in [0.29, 0.717) is 23.8 Å². The third-order valence-electron chi connectivity index (χ3n) is 4.46. The first-order valence-electron chi connectivity index (χ1n) is 8.29. The van der Waals surface area contributed by atoms with Crippen molar-refractivity contribution in [2.24, 2.45) is 5.14 Å². The first-order chi connectivity index (χ1) is 12.5. The van der Waals surface area contributed by atoms with Crippen LogP contribution in [0.3, 0.4) is 0 Å². The van der Waals surface area contributed by atoms with Crippen molar-refractivity contribution >= 4 is 41.1 Å². The van der Waals surface area contributed by atoms with Gasteiger partial charge in [-0.15, -0.1) is 0 Å². The van der Waals surface area contributed by atoms with E-state index >= 15 is 0 Å². The van der Waals surface area contributed by atoms with Gasteiger partial charge in [0.25, 0.3) is 0 Å². The molecule has 3 N–H and O–H groups in total. The predicted octanol–water partition coefficient (Wildman–Crippen LogP) is 3.39. The molecule has 0 radical (unpaired) electrons. The lowest BCUT2D eigenvalue weighted by Crippen LogP contribution is -2.34. The van der Waals surface area contributed by atoms with Crippen molar-refractivity contribution in [1.82, 2.24) is 4.90 Å². The van der Waals surface area contributed by atoms with E-state index in [4.69, 9.17) is 16.7 Å². The molecule has 26 heavy (non-hydrogen) atoms. The second-order valence-corrected chi connectivity index (χ2v) is 7.32. The molecule has 2 aromatic rings. The molecule has 2 amide bonds. The Morgan fingerprint density at radius 1 is 1.31 bits per heavy atom. The maximum Gasteiger partial charge on any atom is 0.228 e. The SMILES string of the molecule is CC(=O)N1CCc2c(cc(NC(=O)Cc3ccccc3Cl)cc2SN)C1. The van der Waals surface area contributed by atoms with Crippen molar-refractivity contribution in [2.45, 2.75) is 31.2 Å². The quantitative estimate of drug-likeness (QED) is 0.786. The Kier molecular flexibility index (Phi) is 5.86. The summed E-state index contributed by atoms with van der Waals surface area (Å²) in [6.45, 7) is 2.79. The molecular formula is C19H20ClN3O2S. The van der Waals surface area contributed by atoms with Gasteiger partial charge in [0.2, 0.25) is 11.8 Å². The van der Waals surface area contributed by atoms with Gasteiger partial charge in [-0.25, -0.2) is 0 Å². The molecule has 5 nitrogen and oxygen atoms in total. The molecule has 0 spiro atoms. The smallest absolute Gasteiger partial charge is 0.228 e. The molecule has 0 aromatic heterocycles. The summed E-state index contributed by atoms with van der Waals surface area (Å²) in [5.74, 6) is -0.101. The van der Waals surface area contributed by atoms with E-state index in [2.05, 4.69) is 5.32 Å². The molecule has 1 heterocycles. The fourth-order valence-electron chi connectivity index (χ4n) is 3.13. The lowest BCUT2D eigenvalue weighted by molar-refractivity contribution is -0.129. The lowest BCUT2D eigenvalue weighted by atomic mass is 9.98. The standard InChI is InChI=1S/C19H20ClN3O2S/c1-12(24)23-7-6-16-14(11-23)8-15(10-18(16)26-21)22-19(25)9-13-4-2-3-5-17(13)20/h2-5,8,10H,6-7,9,11,21H2,1H3,(H,22,25). The zero-order chi connectivity index (χ0) is 18.7. The minimum absolute atomic E-state index is 0.0470. The highest BCUT2D eigenvalue weighted by atomic mass is 35.5. The van der Waals surface area contributed by atoms with Crippen LogP contribution in [0.5, 0.6) is 0 Å². The van der Waals surface area contributed by atoms with E-state index in [0.717, 1.165) is 40.0 Å². The zero-order valence-corrected chi connectivity index (χ0v) is 16.0. The number of fused-ring (bicyclic) bond motifs is 1. The number of hydrogen-bond acceptors (Lipinski definition) is 4. The summed E-state index contributed by atoms with van der Waals surface area (Å²) in [5, 5.41) is 9.31. The summed E-state index contributed by atoms with van der Waals surface area (Å²) >= 11 is 7.29. The highest BCUT2D eigenvalue weighted by molar-refractivity contribution is 7.97. The van der Waals surface area contributed by atoms with E-state index in [1.54, 1.807) is 17.9 Å². The number of carbonyl (C=O) groups is 2. The Morgan fingerprint density at radius 3 is 2.77 bits per heavy atom. The predicted molar refractivity (Wildman–Crippen MR) is 105 cm³/mol. The molecule has 136 valence electrons. The highest BCUT2D eigenvalue weighted by Gasteiger charge is 2.21. The second kappa shape index (κ2) is 8.12. The minimum Gasteiger partial charge on any atom is -0.338 e. The van der Waals surface area contributed by atoms with Crippen LogP contribution in [-0.4, -0.2) is 23.3 Å². The summed E-state index contributed by atoms with van der Waals surface area (Å²) in [4.78, 5) is 26.8. The summed E-state index contributed by atoms with van der Waals surface area (Å²) in [6.07, 6.45) is 0.962. The molecule has 3 rings (SSSR count). The fourth-order valence-corrected chi connectivity index (χ4v) is 3.90. The number of rotatable bonds is 4. The van der Waals surface area contributed by atoms with Crippen LogP contribution in [0.2, 0.25) is 5.02 Å². The average molecular weight is 390 g/mol. The minimum atomic E-state index is -0.148. The van der Waals surface area contributed by atoms with Gasteiger partial charge < -0.3 is 10.2 Å². The first-order valence-corrected chi connectivity index (χ1v) is 9.55. The fraction of sp³-hybridized carbons (Fsp3) is 0.263. The monoisotopic (exact) mass is 389 g/mol. The number of halogens is 1. The zero-order valence-electron chi connectivity index (χ0n) is 14.4. The van der Waals surface area contributed by atoms with E-state index in [1.807, 2.05) is 30.3 Å². The highest BCUT2D eigenvalue weighted by Crippen LogP contribution is 2.31. The van der Waals surface area contributed by atoms with Gasteiger partial charge in [-0.05, 0) is 53.3 Å². The van der Waals surface area contributed by atoms with Crippen LogP contribution >= 0.6 is 23.5 Å². The van der Waals surface area contributed by atoms with Crippen LogP contribution in [-0.2, 0) is 29.0 Å². The number of hydrogen-bond donors (Lipinski definition) is 2. The summed E-state index contributed by atoms with van der Waals surface area (Å²) in [5.41, 5.74) is 3.63. The van der Waals surface area contributed by atoms with E-state index in [1.165, 1.54) is 0 Å². The van der Waals surface area contributed by atoms with E-state index < -0.39 is 0 Å². The number of benzene rings is 2. The van der Waals surface area contributed by atoms with Gasteiger partial charge in [0.05, 0.1) is 6.42 Å². The van der Waals surface area contributed by atoms with Crippen molar-refractivity contribution in [3.8, 4) is 0 Å². The van der Waals surface area contributed by atoms with Crippen molar-refractivity contribution < 1.29 is 9.59 Å². The molecule has 0 bridgehead atoms. The van der Waals surface area contributed by atoms with Crippen LogP contribution in [0.25, 0.3) is 0 Å². The van der Waals surface area contributed by atoms with Gasteiger partial charge in [-0.1, -0.05) is 29.8 Å². The maximum absolute atomic E-state index is 12.4. The number of nitrogens with two attached hydrogens (primary N) is 1. The number of amides is 2. The molecular weight excluding hydrogens is 370 g/mol. The largest absolute Gasteiger partial charge is 0.338 e. The average Bonchev–Trinajstić information content (AvgIpc) is 2.62. The molecule has 2 aromatic carbocycles. The molecule has 0 fully saturated rings. The van der Waals surface area contributed by atoms with Crippen LogP contribution in [0.1, 0.15) is 23.6 Å². The van der Waals surface area contributed by atoms with Gasteiger partial charge in [-0.2, -0.15) is 0 Å². The van der Waals surface area contributed by atoms with Crippen LogP contribution in [0, 0.1) is 0 Å². The Balaban J connectivity index is 1.80. The number of carbonyl (C=O) groups excluding carboxylic acids is 2. The Hall–Kier alpha value is -2.02. The molecule has 0 saturated heterocycles. The van der Waals surface area contributed by atoms with E-state index in [-0.39, 0.29) is 18.2 Å². The Morgan fingerprint density at radius 2 is 2.08 bits per heavy atom. The normalized spacial score (nSPS) is 13.3. The summed E-state index contributed by atoms with van der Waals surface area (Å²) < 4.78 is 0. The van der Waals surface area contributed by atoms with Crippen molar-refractivity contribution in [3.05, 3.63) is 58.1 Å². The van der Waals surface area contributed by atoms with Crippen LogP contribution in [0.15, 0.2) is 41.3 Å². The van der Waals surface area contributed by atoms with Crippen molar-refractivity contribution in [2.75, 3.05) is 11.9 Å². The molecule has 1 aliphatic heterocycles. The van der Waals surface area contributed by atoms with Gasteiger partial charge >= 0.3 is 0 Å². The third kappa shape index (κ3) is 4.20. The molecule has 0 unspecified atom stereocenters. The molecule has 1 aliphatic rings. The van der Waals surface area contributed by atoms with Crippen molar-refractivity contribution in [1.29, 1.82) is 0 Å². The van der Waals surface area contributed by atoms with Gasteiger partial charge in [-0.3, -0.25) is 14.7 Å². The number of nitrogens with one attached hydrogen (secondary N) is 1. The number of anilines is 1. The Labute approximate surface area is 162 Å². The van der Waals surface area contributed by atoms with Crippen LogP contribution in [0.4, 0.5) is 5.69 Å². The Bertz CT molecular complexity index is 857. The van der Waals surface area contributed by atoms with Gasteiger partial charge in [0.15, 0.2) is 0 Å². The molecule has 7 heteroatoms. The topological polar surface area (TPSA) is 75.4 Å². The number of nitrogens with zero attached hydrogens (tertiary/aromatic N) is 1. The van der Waals surface area contributed by atoms with Crippen LogP contribution < -0.4 is 10.5 Å². The van der Waals surface area contributed by atoms with E-state index in [9.17, 15) is 9.59 Å². The summed E-state index contributed by atoms with van der Waals surface area (Å²) in [7, 11) is 0. The molecule has 0 atom stereocenters.